The highest BCUT2D eigenvalue weighted by molar-refractivity contribution is 5.84. The molecule has 0 radical (unpaired) electrons. The van der Waals surface area contributed by atoms with Gasteiger partial charge in [0.2, 0.25) is 5.95 Å². The number of hydrogen-bond donors (Lipinski definition) is 2. The van der Waals surface area contributed by atoms with Crippen LogP contribution >= 0.6 is 0 Å². The predicted molar refractivity (Wildman–Crippen MR) is 104 cm³/mol. The number of nitrogens with zero attached hydrogens (tertiary/aromatic N) is 3. The third kappa shape index (κ3) is 4.86. The van der Waals surface area contributed by atoms with Gasteiger partial charge in [0.25, 0.3) is 0 Å². The molecular formula is C20H28N4O3. The number of aliphatic hydroxyl groups is 1. The third-order valence-corrected chi connectivity index (χ3v) is 5.37. The van der Waals surface area contributed by atoms with Gasteiger partial charge in [-0.25, -0.2) is 9.97 Å². The Morgan fingerprint density at radius 1 is 1.19 bits per heavy atom. The van der Waals surface area contributed by atoms with E-state index >= 15 is 0 Å². The first-order valence-corrected chi connectivity index (χ1v) is 9.91. The zero-order valence-electron chi connectivity index (χ0n) is 15.6. The van der Waals surface area contributed by atoms with Crippen molar-refractivity contribution < 1.29 is 14.6 Å². The van der Waals surface area contributed by atoms with Crippen molar-refractivity contribution in [2.75, 3.05) is 44.8 Å². The van der Waals surface area contributed by atoms with Crippen LogP contribution in [0.1, 0.15) is 25.7 Å². The highest BCUT2D eigenvalue weighted by Gasteiger charge is 2.20. The van der Waals surface area contributed by atoms with Crippen molar-refractivity contribution in [3.63, 3.8) is 0 Å². The predicted octanol–water partition coefficient (Wildman–Crippen LogP) is 2.06. The van der Waals surface area contributed by atoms with Crippen LogP contribution in [0.3, 0.4) is 0 Å². The van der Waals surface area contributed by atoms with E-state index in [-0.39, 0.29) is 6.10 Å². The number of benzene rings is 1. The van der Waals surface area contributed by atoms with Crippen molar-refractivity contribution in [2.45, 2.75) is 37.8 Å². The standard InChI is InChI=1S/C20H28N4O3/c25-17-6-4-16(5-7-17)22-20-21-14-15-2-1-3-18(19(15)23-20)27-13-10-24-8-11-26-12-9-24/h1-3,14,16-17,25H,4-13H2,(H,21,22,23)/t16-,17-. The summed E-state index contributed by atoms with van der Waals surface area (Å²) < 4.78 is 11.4. The summed E-state index contributed by atoms with van der Waals surface area (Å²) in [7, 11) is 0. The number of para-hydroxylation sites is 1. The Balaban J connectivity index is 1.41. The normalized spacial score (nSPS) is 24.0. The number of aliphatic hydroxyl groups excluding tert-OH is 1. The van der Waals surface area contributed by atoms with Crippen LogP contribution in [-0.4, -0.2) is 71.6 Å². The second-order valence-electron chi connectivity index (χ2n) is 7.34. The lowest BCUT2D eigenvalue weighted by Gasteiger charge is -2.26. The largest absolute Gasteiger partial charge is 0.490 e. The minimum absolute atomic E-state index is 0.160. The molecule has 2 heterocycles. The molecule has 1 saturated carbocycles. The first-order valence-electron chi connectivity index (χ1n) is 9.91. The molecule has 1 saturated heterocycles. The second-order valence-corrected chi connectivity index (χ2v) is 7.34. The molecule has 0 spiro atoms. The molecule has 2 aliphatic rings. The summed E-state index contributed by atoms with van der Waals surface area (Å²) in [5, 5.41) is 14.1. The van der Waals surface area contributed by atoms with Crippen LogP contribution in [0.4, 0.5) is 5.95 Å². The molecule has 0 atom stereocenters. The smallest absolute Gasteiger partial charge is 0.223 e. The molecule has 2 aromatic rings. The lowest BCUT2D eigenvalue weighted by molar-refractivity contribution is 0.0323. The Morgan fingerprint density at radius 2 is 2.00 bits per heavy atom. The van der Waals surface area contributed by atoms with E-state index in [1.807, 2.05) is 24.4 Å². The Hall–Kier alpha value is -1.96. The molecule has 0 unspecified atom stereocenters. The number of ether oxygens (including phenoxy) is 2. The van der Waals surface area contributed by atoms with Crippen molar-refractivity contribution in [3.05, 3.63) is 24.4 Å². The van der Waals surface area contributed by atoms with Gasteiger partial charge in [-0.2, -0.15) is 0 Å². The Kier molecular flexibility index (Phi) is 6.01. The first kappa shape index (κ1) is 18.4. The molecule has 4 rings (SSSR count). The average Bonchev–Trinajstić information content (AvgIpc) is 2.71. The van der Waals surface area contributed by atoms with Gasteiger partial charge in [0.05, 0.1) is 19.3 Å². The number of anilines is 1. The van der Waals surface area contributed by atoms with E-state index in [4.69, 9.17) is 14.5 Å². The number of aromatic nitrogens is 2. The average molecular weight is 372 g/mol. The molecule has 1 aromatic carbocycles. The van der Waals surface area contributed by atoms with Gasteiger partial charge in [0, 0.05) is 37.3 Å². The Morgan fingerprint density at radius 3 is 2.81 bits per heavy atom. The van der Waals surface area contributed by atoms with Gasteiger partial charge < -0.3 is 19.9 Å². The van der Waals surface area contributed by atoms with Gasteiger partial charge in [-0.1, -0.05) is 12.1 Å². The van der Waals surface area contributed by atoms with Gasteiger partial charge in [-0.05, 0) is 31.7 Å². The van der Waals surface area contributed by atoms with Crippen LogP contribution in [0.25, 0.3) is 10.9 Å². The molecule has 0 amide bonds. The SMILES string of the molecule is O[C@H]1CC[C@H](Nc2ncc3cccc(OCCN4CCOCC4)c3n2)CC1. The molecule has 0 bridgehead atoms. The maximum Gasteiger partial charge on any atom is 0.223 e. The summed E-state index contributed by atoms with van der Waals surface area (Å²) >= 11 is 0. The highest BCUT2D eigenvalue weighted by Crippen LogP contribution is 2.26. The minimum atomic E-state index is -0.160. The summed E-state index contributed by atoms with van der Waals surface area (Å²) in [5.74, 6) is 1.43. The van der Waals surface area contributed by atoms with Crippen LogP contribution in [-0.2, 0) is 4.74 Å². The molecule has 146 valence electrons. The molecular weight excluding hydrogens is 344 g/mol. The monoisotopic (exact) mass is 372 g/mol. The highest BCUT2D eigenvalue weighted by atomic mass is 16.5. The number of hydrogen-bond acceptors (Lipinski definition) is 7. The van der Waals surface area contributed by atoms with Crippen molar-refractivity contribution in [1.82, 2.24) is 14.9 Å². The topological polar surface area (TPSA) is 79.7 Å². The van der Waals surface area contributed by atoms with Crippen molar-refractivity contribution in [1.29, 1.82) is 0 Å². The molecule has 7 nitrogen and oxygen atoms in total. The molecule has 2 N–H and O–H groups in total. The second kappa shape index (κ2) is 8.82. The quantitative estimate of drug-likeness (QED) is 0.803. The van der Waals surface area contributed by atoms with E-state index in [0.29, 0.717) is 18.6 Å². The Labute approximate surface area is 159 Å². The zero-order valence-corrected chi connectivity index (χ0v) is 15.6. The number of fused-ring (bicyclic) bond motifs is 1. The van der Waals surface area contributed by atoms with Crippen molar-refractivity contribution in [2.24, 2.45) is 0 Å². The van der Waals surface area contributed by atoms with Gasteiger partial charge in [0.1, 0.15) is 17.9 Å². The van der Waals surface area contributed by atoms with Gasteiger partial charge in [-0.15, -0.1) is 0 Å². The number of morpholine rings is 1. The fourth-order valence-corrected chi connectivity index (χ4v) is 3.73. The van der Waals surface area contributed by atoms with E-state index in [1.54, 1.807) is 0 Å². The maximum absolute atomic E-state index is 9.66. The summed E-state index contributed by atoms with van der Waals surface area (Å²) in [6, 6.07) is 6.27. The maximum atomic E-state index is 9.66. The van der Waals surface area contributed by atoms with Crippen molar-refractivity contribution >= 4 is 16.9 Å². The number of rotatable bonds is 6. The number of nitrogens with one attached hydrogen (secondary N) is 1. The molecule has 7 heteroatoms. The minimum Gasteiger partial charge on any atom is -0.490 e. The van der Waals surface area contributed by atoms with Gasteiger partial charge in [0.15, 0.2) is 0 Å². The summed E-state index contributed by atoms with van der Waals surface area (Å²) in [4.78, 5) is 11.5. The van der Waals surface area contributed by atoms with E-state index in [0.717, 1.165) is 75.2 Å². The van der Waals surface area contributed by atoms with Crippen LogP contribution < -0.4 is 10.1 Å². The molecule has 1 aliphatic carbocycles. The van der Waals surface area contributed by atoms with Gasteiger partial charge >= 0.3 is 0 Å². The molecule has 2 fully saturated rings. The summed E-state index contributed by atoms with van der Waals surface area (Å²) in [6.07, 6.45) is 5.24. The Bertz CT molecular complexity index is 743. The van der Waals surface area contributed by atoms with Crippen molar-refractivity contribution in [3.8, 4) is 5.75 Å². The molecule has 27 heavy (non-hydrogen) atoms. The van der Waals surface area contributed by atoms with E-state index in [2.05, 4.69) is 15.2 Å². The third-order valence-electron chi connectivity index (χ3n) is 5.37. The molecule has 1 aromatic heterocycles. The summed E-state index contributed by atoms with van der Waals surface area (Å²) in [6.45, 7) is 5.05. The molecule has 1 aliphatic heterocycles. The van der Waals surface area contributed by atoms with E-state index < -0.39 is 0 Å². The summed E-state index contributed by atoms with van der Waals surface area (Å²) in [5.41, 5.74) is 0.841. The van der Waals surface area contributed by atoms with Crippen LogP contribution in [0, 0.1) is 0 Å². The van der Waals surface area contributed by atoms with Gasteiger partial charge in [-0.3, -0.25) is 4.90 Å². The first-order chi connectivity index (χ1) is 13.3. The lowest BCUT2D eigenvalue weighted by Crippen LogP contribution is -2.38. The lowest BCUT2D eigenvalue weighted by atomic mass is 9.93. The van der Waals surface area contributed by atoms with E-state index in [1.165, 1.54) is 0 Å². The van der Waals surface area contributed by atoms with Crippen LogP contribution in [0.15, 0.2) is 24.4 Å². The van der Waals surface area contributed by atoms with Crippen LogP contribution in [0.5, 0.6) is 5.75 Å². The van der Waals surface area contributed by atoms with Crippen LogP contribution in [0.2, 0.25) is 0 Å². The fourth-order valence-electron chi connectivity index (χ4n) is 3.73. The zero-order chi connectivity index (χ0) is 18.5. The van der Waals surface area contributed by atoms with E-state index in [9.17, 15) is 5.11 Å². The fraction of sp³-hybridized carbons (Fsp3) is 0.600.